The van der Waals surface area contributed by atoms with Crippen LogP contribution in [0.4, 0.5) is 0 Å². The first-order chi connectivity index (χ1) is 4.33. The van der Waals surface area contributed by atoms with E-state index in [1.165, 1.54) is 5.69 Å². The highest BCUT2D eigenvalue weighted by molar-refractivity contribution is 9.10. The zero-order chi connectivity index (χ0) is 6.69. The lowest BCUT2D eigenvalue weighted by molar-refractivity contribution is 0.866. The molecule has 1 aromatic rings. The summed E-state index contributed by atoms with van der Waals surface area (Å²) in [5.74, 6) is 0. The number of H-pyrrole nitrogens is 1. The van der Waals surface area contributed by atoms with Crippen molar-refractivity contribution in [1.29, 1.82) is 0 Å². The van der Waals surface area contributed by atoms with E-state index in [-0.39, 0.29) is 0 Å². The van der Waals surface area contributed by atoms with E-state index in [2.05, 4.69) is 33.1 Å². The molecule has 0 saturated heterocycles. The van der Waals surface area contributed by atoms with Gasteiger partial charge in [0.1, 0.15) is 4.60 Å². The highest BCUT2D eigenvalue weighted by atomic mass is 79.9. The molecule has 50 valence electrons. The van der Waals surface area contributed by atoms with Gasteiger partial charge in [0.05, 0.1) is 0 Å². The van der Waals surface area contributed by atoms with E-state index in [4.69, 9.17) is 0 Å². The maximum absolute atomic E-state index is 3.93. The molecule has 0 aliphatic carbocycles. The molecule has 3 heteroatoms. The lowest BCUT2D eigenvalue weighted by atomic mass is 10.3. The van der Waals surface area contributed by atoms with E-state index in [1.54, 1.807) is 0 Å². The van der Waals surface area contributed by atoms with Gasteiger partial charge < -0.3 is 0 Å². The van der Waals surface area contributed by atoms with Gasteiger partial charge in [-0.25, -0.2) is 0 Å². The van der Waals surface area contributed by atoms with E-state index in [9.17, 15) is 0 Å². The minimum absolute atomic E-state index is 0.894. The number of nitrogens with one attached hydrogen (secondary N) is 1. The second-order valence-corrected chi connectivity index (χ2v) is 2.78. The van der Waals surface area contributed by atoms with Crippen LogP contribution in [0.25, 0.3) is 0 Å². The van der Waals surface area contributed by atoms with Gasteiger partial charge in [0.2, 0.25) is 0 Å². The third-order valence-corrected chi connectivity index (χ3v) is 1.53. The second kappa shape index (κ2) is 3.01. The lowest BCUT2D eigenvalue weighted by Crippen LogP contribution is -1.80. The Morgan fingerprint density at radius 2 is 2.56 bits per heavy atom. The quantitative estimate of drug-likeness (QED) is 0.758. The van der Waals surface area contributed by atoms with Gasteiger partial charge in [-0.3, -0.25) is 5.10 Å². The summed E-state index contributed by atoms with van der Waals surface area (Å²) in [6, 6.07) is 2.00. The molecule has 0 aliphatic rings. The Morgan fingerprint density at radius 3 is 3.00 bits per heavy atom. The van der Waals surface area contributed by atoms with Crippen molar-refractivity contribution >= 4 is 15.9 Å². The number of halogens is 1. The molecule has 0 aromatic carbocycles. The zero-order valence-electron chi connectivity index (χ0n) is 5.32. The molecule has 0 unspecified atom stereocenters. The van der Waals surface area contributed by atoms with Crippen molar-refractivity contribution in [2.24, 2.45) is 0 Å². The van der Waals surface area contributed by atoms with Crippen molar-refractivity contribution in [3.05, 3.63) is 16.4 Å². The SMILES string of the molecule is CCCc1cc(Br)n[nH]1. The van der Waals surface area contributed by atoms with Crippen molar-refractivity contribution in [2.45, 2.75) is 19.8 Å². The zero-order valence-corrected chi connectivity index (χ0v) is 6.90. The largest absolute Gasteiger partial charge is 0.281 e. The van der Waals surface area contributed by atoms with Gasteiger partial charge in [-0.05, 0) is 28.4 Å². The third-order valence-electron chi connectivity index (χ3n) is 1.12. The maximum Gasteiger partial charge on any atom is 0.128 e. The first-order valence-corrected chi connectivity index (χ1v) is 3.82. The molecule has 0 aliphatic heterocycles. The number of aryl methyl sites for hydroxylation is 1. The van der Waals surface area contributed by atoms with Gasteiger partial charge in [0.25, 0.3) is 0 Å². The fraction of sp³-hybridized carbons (Fsp3) is 0.500. The molecule has 1 rings (SSSR count). The van der Waals surface area contributed by atoms with Crippen LogP contribution in [0.15, 0.2) is 10.7 Å². The van der Waals surface area contributed by atoms with Crippen LogP contribution in [-0.4, -0.2) is 10.2 Å². The summed E-state index contributed by atoms with van der Waals surface area (Å²) >= 11 is 3.26. The highest BCUT2D eigenvalue weighted by Gasteiger charge is 1.93. The molecular weight excluding hydrogens is 180 g/mol. The summed E-state index contributed by atoms with van der Waals surface area (Å²) < 4.78 is 0.894. The van der Waals surface area contributed by atoms with Crippen LogP contribution < -0.4 is 0 Å². The minimum Gasteiger partial charge on any atom is -0.281 e. The molecule has 1 N–H and O–H groups in total. The average molecular weight is 189 g/mol. The topological polar surface area (TPSA) is 28.7 Å². The summed E-state index contributed by atoms with van der Waals surface area (Å²) in [5.41, 5.74) is 1.20. The van der Waals surface area contributed by atoms with Gasteiger partial charge in [-0.1, -0.05) is 13.3 Å². The summed E-state index contributed by atoms with van der Waals surface area (Å²) in [7, 11) is 0. The number of nitrogens with zero attached hydrogens (tertiary/aromatic N) is 1. The molecular formula is C6H9BrN2. The Kier molecular flexibility index (Phi) is 2.28. The van der Waals surface area contributed by atoms with E-state index < -0.39 is 0 Å². The van der Waals surface area contributed by atoms with Crippen LogP contribution in [0.3, 0.4) is 0 Å². The Hall–Kier alpha value is -0.310. The maximum atomic E-state index is 3.93. The van der Waals surface area contributed by atoms with Crippen LogP contribution in [0.1, 0.15) is 19.0 Å². The molecule has 0 spiro atoms. The third kappa shape index (κ3) is 1.82. The van der Waals surface area contributed by atoms with Gasteiger partial charge >= 0.3 is 0 Å². The second-order valence-electron chi connectivity index (χ2n) is 1.97. The van der Waals surface area contributed by atoms with Crippen LogP contribution in [-0.2, 0) is 6.42 Å². The first-order valence-electron chi connectivity index (χ1n) is 3.02. The molecule has 0 atom stereocenters. The standard InChI is InChI=1S/C6H9BrN2/c1-2-3-5-4-6(7)9-8-5/h4H,2-3H2,1H3,(H,8,9). The fourth-order valence-electron chi connectivity index (χ4n) is 0.731. The van der Waals surface area contributed by atoms with Crippen LogP contribution in [0.5, 0.6) is 0 Å². The molecule has 0 radical (unpaired) electrons. The monoisotopic (exact) mass is 188 g/mol. The molecule has 1 aromatic heterocycles. The Labute approximate surface area is 62.8 Å². The van der Waals surface area contributed by atoms with Crippen molar-refractivity contribution in [3.8, 4) is 0 Å². The summed E-state index contributed by atoms with van der Waals surface area (Å²) in [6.45, 7) is 2.15. The number of aromatic nitrogens is 2. The lowest BCUT2D eigenvalue weighted by Gasteiger charge is -1.86. The van der Waals surface area contributed by atoms with Crippen molar-refractivity contribution in [3.63, 3.8) is 0 Å². The number of rotatable bonds is 2. The van der Waals surface area contributed by atoms with E-state index in [1.807, 2.05) is 6.07 Å². The molecule has 1 heterocycles. The number of aromatic amines is 1. The van der Waals surface area contributed by atoms with Crippen molar-refractivity contribution in [2.75, 3.05) is 0 Å². The Bertz CT molecular complexity index is 183. The highest BCUT2D eigenvalue weighted by Crippen LogP contribution is 2.07. The fourth-order valence-corrected chi connectivity index (χ4v) is 1.10. The smallest absolute Gasteiger partial charge is 0.128 e. The molecule has 0 saturated carbocycles. The Balaban J connectivity index is 2.61. The molecule has 2 nitrogen and oxygen atoms in total. The van der Waals surface area contributed by atoms with Crippen LogP contribution >= 0.6 is 15.9 Å². The Morgan fingerprint density at radius 1 is 1.78 bits per heavy atom. The summed E-state index contributed by atoms with van der Waals surface area (Å²) in [6.07, 6.45) is 2.24. The van der Waals surface area contributed by atoms with Crippen LogP contribution in [0, 0.1) is 0 Å². The molecule has 9 heavy (non-hydrogen) atoms. The van der Waals surface area contributed by atoms with Gasteiger partial charge in [-0.15, -0.1) is 0 Å². The predicted molar refractivity (Wildman–Crippen MR) is 40.3 cm³/mol. The molecule has 0 fully saturated rings. The number of hydrogen-bond donors (Lipinski definition) is 1. The van der Waals surface area contributed by atoms with E-state index in [0.29, 0.717) is 0 Å². The molecule has 0 amide bonds. The van der Waals surface area contributed by atoms with E-state index in [0.717, 1.165) is 17.4 Å². The van der Waals surface area contributed by atoms with E-state index >= 15 is 0 Å². The van der Waals surface area contributed by atoms with Crippen LogP contribution in [0.2, 0.25) is 0 Å². The summed E-state index contributed by atoms with van der Waals surface area (Å²) in [4.78, 5) is 0. The van der Waals surface area contributed by atoms with Gasteiger partial charge in [0.15, 0.2) is 0 Å². The van der Waals surface area contributed by atoms with Gasteiger partial charge in [-0.2, -0.15) is 5.10 Å². The van der Waals surface area contributed by atoms with Crippen molar-refractivity contribution in [1.82, 2.24) is 10.2 Å². The summed E-state index contributed by atoms with van der Waals surface area (Å²) in [5, 5.41) is 6.84. The normalized spacial score (nSPS) is 10.0. The number of hydrogen-bond acceptors (Lipinski definition) is 1. The first kappa shape index (κ1) is 6.81. The minimum atomic E-state index is 0.894. The average Bonchev–Trinajstić information content (AvgIpc) is 2.17. The molecule has 0 bridgehead atoms. The van der Waals surface area contributed by atoms with Gasteiger partial charge in [0, 0.05) is 5.69 Å². The van der Waals surface area contributed by atoms with Crippen molar-refractivity contribution < 1.29 is 0 Å². The predicted octanol–water partition coefficient (Wildman–Crippen LogP) is 2.12.